The van der Waals surface area contributed by atoms with Gasteiger partial charge in [-0.25, -0.2) is 0 Å². The second-order valence-electron chi connectivity index (χ2n) is 15.5. The van der Waals surface area contributed by atoms with Crippen LogP contribution in [0.15, 0.2) is 0 Å². The molecule has 1 heterocycles. The zero-order valence-corrected chi connectivity index (χ0v) is 41.7. The van der Waals surface area contributed by atoms with Gasteiger partial charge in [0.25, 0.3) is 0 Å². The molecule has 0 spiro atoms. The van der Waals surface area contributed by atoms with E-state index in [0.717, 1.165) is 77.0 Å². The summed E-state index contributed by atoms with van der Waals surface area (Å²) in [6.45, 7) is 5.79. The molecule has 2 N–H and O–H groups in total. The number of phosphoric ester groups is 1. The molecule has 324 valence electrons. The molecule has 1 fully saturated rings. The van der Waals surface area contributed by atoms with E-state index in [9.17, 15) is 33.8 Å². The molecule has 0 bridgehead atoms. The number of ether oxygens (including phenoxy) is 3. The number of phosphoric acid groups is 1. The van der Waals surface area contributed by atoms with Crippen LogP contribution in [0.3, 0.4) is 0 Å². The molecule has 0 saturated carbocycles. The summed E-state index contributed by atoms with van der Waals surface area (Å²) >= 11 is 0. The fourth-order valence-corrected chi connectivity index (χ4v) is 7.57. The van der Waals surface area contributed by atoms with Gasteiger partial charge in [0, 0.05) is 19.3 Å². The van der Waals surface area contributed by atoms with E-state index in [4.69, 9.17) is 18.7 Å². The first kappa shape index (κ1) is 59.5. The first-order valence-electron chi connectivity index (χ1n) is 22.2. The summed E-state index contributed by atoms with van der Waals surface area (Å²) in [6, 6.07) is -1.50. The normalized spacial score (nSPS) is 19.3. The van der Waals surface area contributed by atoms with Gasteiger partial charge in [-0.15, -0.1) is 0 Å². The van der Waals surface area contributed by atoms with Gasteiger partial charge in [-0.1, -0.05) is 175 Å². The topological polar surface area (TPSA) is 184 Å². The van der Waals surface area contributed by atoms with Gasteiger partial charge in [-0.2, -0.15) is 0 Å². The Morgan fingerprint density at radius 3 is 1.25 bits per heavy atom. The third-order valence-corrected chi connectivity index (χ3v) is 10.9. The van der Waals surface area contributed by atoms with Crippen molar-refractivity contribution in [2.45, 2.75) is 244 Å². The van der Waals surface area contributed by atoms with Crippen molar-refractivity contribution in [3.05, 3.63) is 0 Å². The van der Waals surface area contributed by atoms with Crippen LogP contribution < -0.4 is 74.2 Å². The number of carbonyl (C=O) groups is 3. The molecule has 1 aliphatic rings. The number of amides is 1. The minimum absolute atomic E-state index is 0. The van der Waals surface area contributed by atoms with Gasteiger partial charge < -0.3 is 43.5 Å². The molecule has 57 heavy (non-hydrogen) atoms. The van der Waals surface area contributed by atoms with E-state index < -0.39 is 62.9 Å². The molecule has 12 nitrogen and oxygen atoms in total. The molecule has 0 aliphatic carbocycles. The van der Waals surface area contributed by atoms with Gasteiger partial charge >= 0.3 is 71.1 Å². The molecule has 0 aromatic heterocycles. The Morgan fingerprint density at radius 1 is 0.561 bits per heavy atom. The van der Waals surface area contributed by atoms with Gasteiger partial charge in [-0.05, 0) is 19.3 Å². The average molecular weight is 850 g/mol. The van der Waals surface area contributed by atoms with Gasteiger partial charge in [0.15, 0.2) is 18.5 Å². The molecule has 0 radical (unpaired) electrons. The largest absolute Gasteiger partial charge is 1.00 e. The third-order valence-electron chi connectivity index (χ3n) is 10.4. The van der Waals surface area contributed by atoms with E-state index in [0.29, 0.717) is 19.3 Å². The molecule has 0 aromatic rings. The second-order valence-corrected chi connectivity index (χ2v) is 16.6. The number of nitrogens with one attached hydrogen (secondary N) is 1. The van der Waals surface area contributed by atoms with E-state index in [1.165, 1.54) is 77.0 Å². The van der Waals surface area contributed by atoms with E-state index in [2.05, 4.69) is 26.1 Å². The zero-order valence-electron chi connectivity index (χ0n) is 36.8. The predicted molar refractivity (Wildman–Crippen MR) is 212 cm³/mol. The number of aliphatic hydroxyl groups excluding tert-OH is 1. The zero-order chi connectivity index (χ0) is 40.6. The molecular formula is C42H78NNa2O11P. The van der Waals surface area contributed by atoms with Crippen molar-refractivity contribution in [2.24, 2.45) is 0 Å². The van der Waals surface area contributed by atoms with Crippen molar-refractivity contribution in [1.29, 1.82) is 0 Å². The van der Waals surface area contributed by atoms with Gasteiger partial charge in [0.2, 0.25) is 5.91 Å². The Bertz CT molecular complexity index is 1040. The first-order valence-corrected chi connectivity index (χ1v) is 23.7. The van der Waals surface area contributed by atoms with Crippen LogP contribution in [0.5, 0.6) is 0 Å². The Labute approximate surface area is 390 Å². The van der Waals surface area contributed by atoms with Gasteiger partial charge in [-0.3, -0.25) is 14.4 Å². The molecule has 1 saturated heterocycles. The van der Waals surface area contributed by atoms with Crippen molar-refractivity contribution in [3.63, 3.8) is 0 Å². The minimum Gasteiger partial charge on any atom is -0.790 e. The maximum Gasteiger partial charge on any atom is 1.00 e. The van der Waals surface area contributed by atoms with E-state index in [-0.39, 0.29) is 78.4 Å². The second kappa shape index (κ2) is 39.3. The third kappa shape index (κ3) is 31.9. The summed E-state index contributed by atoms with van der Waals surface area (Å²) in [5, 5.41) is 12.9. The summed E-state index contributed by atoms with van der Waals surface area (Å²) in [7, 11) is -5.68. The van der Waals surface area contributed by atoms with Crippen molar-refractivity contribution in [1.82, 2.24) is 5.32 Å². The van der Waals surface area contributed by atoms with Crippen molar-refractivity contribution >= 4 is 25.7 Å². The average Bonchev–Trinajstić information content (AvgIpc) is 3.14. The molecule has 1 rings (SSSR count). The van der Waals surface area contributed by atoms with Crippen LogP contribution in [-0.2, 0) is 37.7 Å². The van der Waals surface area contributed by atoms with E-state index in [1.54, 1.807) is 0 Å². The van der Waals surface area contributed by atoms with Crippen LogP contribution in [0, 0.1) is 0 Å². The standard InChI is InChI=1S/C42H80NO11P.2Na/c1-4-7-10-13-16-19-22-25-28-31-36(45)43-39-41(53-38(47)33-30-27-24-21-18-15-12-9-6-3)40(35(34-44)51-42(39)54-55(48,49)50)52-37(46)32-29-26-23-20-17-14-11-8-5-2;;/h35,39-42,44H,4-34H2,1-3H3,(H,43,45)(H2,48,49,50);;/q;2*+1/p-2/t35-,39-,40-,41-,42-;;/m1../s1. The maximum absolute atomic E-state index is 13.3. The summed E-state index contributed by atoms with van der Waals surface area (Å²) in [6.07, 6.45) is 22.4. The van der Waals surface area contributed by atoms with E-state index >= 15 is 0 Å². The molecule has 5 atom stereocenters. The van der Waals surface area contributed by atoms with Gasteiger partial charge in [0.05, 0.1) is 14.4 Å². The first-order chi connectivity index (χ1) is 26.6. The number of carbonyl (C=O) groups excluding carboxylic acids is 3. The Balaban J connectivity index is 0. The maximum atomic E-state index is 13.3. The number of aliphatic hydroxyl groups is 1. The van der Waals surface area contributed by atoms with Crippen LogP contribution in [0.25, 0.3) is 0 Å². The van der Waals surface area contributed by atoms with Crippen LogP contribution in [-0.4, -0.2) is 60.2 Å². The summed E-state index contributed by atoms with van der Waals surface area (Å²) in [4.78, 5) is 63.3. The fourth-order valence-electron chi connectivity index (χ4n) is 7.14. The SMILES string of the molecule is CCCCCCCCCCCC(=O)N[C@H]1[C@@H](OP(=O)([O-])[O-])O[C@H](CO)[C@@H](OC(=O)CCCCCCCCCCC)[C@@H]1OC(=O)CCCCCCCCCCC.[Na+].[Na+]. The predicted octanol–water partition coefficient (Wildman–Crippen LogP) is 2.63. The number of hydrogen-bond donors (Lipinski definition) is 2. The Morgan fingerprint density at radius 2 is 0.895 bits per heavy atom. The number of hydrogen-bond acceptors (Lipinski definition) is 11. The number of rotatable bonds is 36. The van der Waals surface area contributed by atoms with Crippen LogP contribution in [0.2, 0.25) is 0 Å². The van der Waals surface area contributed by atoms with Gasteiger partial charge in [0.1, 0.15) is 12.1 Å². The molecule has 1 amide bonds. The van der Waals surface area contributed by atoms with E-state index in [1.807, 2.05) is 0 Å². The quantitative estimate of drug-likeness (QED) is 0.0409. The molecule has 1 aliphatic heterocycles. The fraction of sp³-hybridized carbons (Fsp3) is 0.929. The van der Waals surface area contributed by atoms with Crippen LogP contribution in [0.1, 0.15) is 213 Å². The monoisotopic (exact) mass is 850 g/mol. The molecule has 0 aromatic carbocycles. The summed E-state index contributed by atoms with van der Waals surface area (Å²) in [5.74, 6) is -1.73. The smallest absolute Gasteiger partial charge is 0.790 e. The van der Waals surface area contributed by atoms with Crippen molar-refractivity contribution in [3.8, 4) is 0 Å². The molecular weight excluding hydrogens is 771 g/mol. The van der Waals surface area contributed by atoms with Crippen LogP contribution in [0.4, 0.5) is 0 Å². The van der Waals surface area contributed by atoms with Crippen molar-refractivity contribution in [2.75, 3.05) is 6.61 Å². The number of unbranched alkanes of at least 4 members (excludes halogenated alkanes) is 24. The molecule has 0 unspecified atom stereocenters. The Hall–Kier alpha value is 0.440. The summed E-state index contributed by atoms with van der Waals surface area (Å²) < 4.78 is 33.9. The number of esters is 2. The summed E-state index contributed by atoms with van der Waals surface area (Å²) in [5.41, 5.74) is 0. The molecule has 15 heteroatoms. The minimum atomic E-state index is -5.68. The van der Waals surface area contributed by atoms with Crippen LogP contribution >= 0.6 is 7.82 Å². The van der Waals surface area contributed by atoms with Crippen molar-refractivity contribution < 1.29 is 112 Å². The Kier molecular flexibility index (Phi) is 41.0.